The maximum absolute atomic E-state index is 12.4. The van der Waals surface area contributed by atoms with Crippen molar-refractivity contribution >= 4 is 12.0 Å². The minimum Gasteiger partial charge on any atom is -0.448 e. The van der Waals surface area contributed by atoms with E-state index in [0.29, 0.717) is 25.3 Å². The number of cyclic esters (lactones) is 1. The summed E-state index contributed by atoms with van der Waals surface area (Å²) in [6, 6.07) is 17.5. The van der Waals surface area contributed by atoms with Gasteiger partial charge in [0, 0.05) is 12.1 Å². The average molecular weight is 338 g/mol. The molecule has 5 nitrogen and oxygen atoms in total. The van der Waals surface area contributed by atoms with Crippen LogP contribution in [0.25, 0.3) is 11.1 Å². The van der Waals surface area contributed by atoms with Crippen LogP contribution in [0.1, 0.15) is 24.2 Å². The van der Waals surface area contributed by atoms with Crippen LogP contribution in [-0.2, 0) is 4.74 Å². The third kappa shape index (κ3) is 3.82. The number of benzene rings is 2. The first-order chi connectivity index (χ1) is 12.0. The predicted molar refractivity (Wildman–Crippen MR) is 96.3 cm³/mol. The standard InChI is InChI=1S/C20H22N2O3/c1-20(2,22-12-13-25-19(22)24)14-21-18(23)17-10-8-16(9-11-17)15-6-4-3-5-7-15/h3-11H,12-14H2,1-2H3,(H,21,23). The molecule has 1 heterocycles. The van der Waals surface area contributed by atoms with Gasteiger partial charge in [-0.3, -0.25) is 9.69 Å². The van der Waals surface area contributed by atoms with Crippen LogP contribution in [0.15, 0.2) is 54.6 Å². The highest BCUT2D eigenvalue weighted by Crippen LogP contribution is 2.20. The molecule has 25 heavy (non-hydrogen) atoms. The second kappa shape index (κ2) is 6.97. The summed E-state index contributed by atoms with van der Waals surface area (Å²) in [5, 5.41) is 2.91. The number of ether oxygens (including phenoxy) is 1. The van der Waals surface area contributed by atoms with E-state index < -0.39 is 5.54 Å². The number of nitrogens with one attached hydrogen (secondary N) is 1. The Morgan fingerprint density at radius 2 is 1.72 bits per heavy atom. The summed E-state index contributed by atoms with van der Waals surface area (Å²) in [7, 11) is 0. The summed E-state index contributed by atoms with van der Waals surface area (Å²) in [4.78, 5) is 25.7. The van der Waals surface area contributed by atoms with E-state index in [2.05, 4.69) is 5.32 Å². The van der Waals surface area contributed by atoms with Crippen molar-refractivity contribution in [1.29, 1.82) is 0 Å². The molecule has 1 aliphatic heterocycles. The second-order valence-corrected chi connectivity index (χ2v) is 6.70. The van der Waals surface area contributed by atoms with Crippen LogP contribution in [0, 0.1) is 0 Å². The van der Waals surface area contributed by atoms with Crippen LogP contribution in [-0.4, -0.2) is 42.1 Å². The van der Waals surface area contributed by atoms with Gasteiger partial charge < -0.3 is 10.1 Å². The van der Waals surface area contributed by atoms with Crippen molar-refractivity contribution in [1.82, 2.24) is 10.2 Å². The van der Waals surface area contributed by atoms with E-state index in [0.717, 1.165) is 11.1 Å². The van der Waals surface area contributed by atoms with Crippen molar-refractivity contribution in [3.8, 4) is 11.1 Å². The molecule has 2 amide bonds. The Labute approximate surface area is 147 Å². The molecule has 1 N–H and O–H groups in total. The van der Waals surface area contributed by atoms with Gasteiger partial charge in [0.2, 0.25) is 0 Å². The summed E-state index contributed by atoms with van der Waals surface area (Å²) >= 11 is 0. The molecule has 0 bridgehead atoms. The Morgan fingerprint density at radius 1 is 1.08 bits per heavy atom. The molecular formula is C20H22N2O3. The maximum Gasteiger partial charge on any atom is 0.410 e. The number of carbonyl (C=O) groups is 2. The lowest BCUT2D eigenvalue weighted by molar-refractivity contribution is 0.0903. The molecule has 2 aromatic carbocycles. The highest BCUT2D eigenvalue weighted by Gasteiger charge is 2.35. The fourth-order valence-corrected chi connectivity index (χ4v) is 2.88. The quantitative estimate of drug-likeness (QED) is 0.910. The SMILES string of the molecule is CC(C)(CNC(=O)c1ccc(-c2ccccc2)cc1)N1CCOC1=O. The van der Waals surface area contributed by atoms with Crippen LogP contribution < -0.4 is 5.32 Å². The average Bonchev–Trinajstić information content (AvgIpc) is 3.08. The molecule has 5 heteroatoms. The van der Waals surface area contributed by atoms with Gasteiger partial charge in [-0.2, -0.15) is 0 Å². The number of rotatable bonds is 5. The van der Waals surface area contributed by atoms with Crippen LogP contribution in [0.3, 0.4) is 0 Å². The summed E-state index contributed by atoms with van der Waals surface area (Å²) in [5.74, 6) is -0.153. The van der Waals surface area contributed by atoms with E-state index in [1.54, 1.807) is 4.90 Å². The molecule has 0 unspecified atom stereocenters. The Bertz CT molecular complexity index is 754. The first kappa shape index (κ1) is 17.0. The number of hydrogen-bond acceptors (Lipinski definition) is 3. The van der Waals surface area contributed by atoms with Gasteiger partial charge in [-0.15, -0.1) is 0 Å². The molecule has 2 aromatic rings. The molecule has 1 fully saturated rings. The topological polar surface area (TPSA) is 58.6 Å². The van der Waals surface area contributed by atoms with Crippen molar-refractivity contribution < 1.29 is 14.3 Å². The highest BCUT2D eigenvalue weighted by atomic mass is 16.6. The van der Waals surface area contributed by atoms with Gasteiger partial charge >= 0.3 is 6.09 Å². The van der Waals surface area contributed by atoms with E-state index in [4.69, 9.17) is 4.74 Å². The summed E-state index contributed by atoms with van der Waals surface area (Å²) in [5.41, 5.74) is 2.28. The minimum atomic E-state index is -0.493. The van der Waals surface area contributed by atoms with E-state index in [1.807, 2.05) is 68.4 Å². The third-order valence-electron chi connectivity index (χ3n) is 4.43. The Hall–Kier alpha value is -2.82. The number of amides is 2. The van der Waals surface area contributed by atoms with Crippen LogP contribution in [0.5, 0.6) is 0 Å². The van der Waals surface area contributed by atoms with Gasteiger partial charge in [0.1, 0.15) is 6.61 Å². The smallest absolute Gasteiger partial charge is 0.410 e. The van der Waals surface area contributed by atoms with Crippen LogP contribution in [0.4, 0.5) is 4.79 Å². The number of hydrogen-bond donors (Lipinski definition) is 1. The van der Waals surface area contributed by atoms with Crippen LogP contribution in [0.2, 0.25) is 0 Å². The van der Waals surface area contributed by atoms with Gasteiger partial charge in [-0.25, -0.2) is 4.79 Å². The third-order valence-corrected chi connectivity index (χ3v) is 4.43. The normalized spacial score (nSPS) is 14.3. The Balaban J connectivity index is 1.62. The molecule has 1 saturated heterocycles. The maximum atomic E-state index is 12.4. The fraction of sp³-hybridized carbons (Fsp3) is 0.300. The van der Waals surface area contributed by atoms with Crippen molar-refractivity contribution in [2.75, 3.05) is 19.7 Å². The fourth-order valence-electron chi connectivity index (χ4n) is 2.88. The first-order valence-electron chi connectivity index (χ1n) is 8.35. The summed E-state index contributed by atoms with van der Waals surface area (Å²) < 4.78 is 4.97. The lowest BCUT2D eigenvalue weighted by Gasteiger charge is -2.33. The summed E-state index contributed by atoms with van der Waals surface area (Å²) in [6.07, 6.45) is -0.327. The van der Waals surface area contributed by atoms with Crippen molar-refractivity contribution in [3.05, 3.63) is 60.2 Å². The van der Waals surface area contributed by atoms with E-state index in [-0.39, 0.29) is 12.0 Å². The minimum absolute atomic E-state index is 0.153. The molecule has 130 valence electrons. The number of carbonyl (C=O) groups excluding carboxylic acids is 2. The van der Waals surface area contributed by atoms with Crippen LogP contribution >= 0.6 is 0 Å². The molecule has 3 rings (SSSR count). The monoisotopic (exact) mass is 338 g/mol. The lowest BCUT2D eigenvalue weighted by atomic mass is 10.0. The predicted octanol–water partition coefficient (Wildman–Crippen LogP) is 3.31. The van der Waals surface area contributed by atoms with E-state index in [9.17, 15) is 9.59 Å². The van der Waals surface area contributed by atoms with Gasteiger partial charge in [-0.1, -0.05) is 42.5 Å². The molecular weight excluding hydrogens is 316 g/mol. The van der Waals surface area contributed by atoms with Crippen molar-refractivity contribution in [2.45, 2.75) is 19.4 Å². The van der Waals surface area contributed by atoms with Gasteiger partial charge in [0.25, 0.3) is 5.91 Å². The molecule has 0 aromatic heterocycles. The highest BCUT2D eigenvalue weighted by molar-refractivity contribution is 5.94. The van der Waals surface area contributed by atoms with Gasteiger partial charge in [0.15, 0.2) is 0 Å². The first-order valence-corrected chi connectivity index (χ1v) is 8.35. The molecule has 0 aliphatic carbocycles. The zero-order chi connectivity index (χ0) is 17.9. The lowest BCUT2D eigenvalue weighted by Crippen LogP contribution is -2.52. The Morgan fingerprint density at radius 3 is 2.32 bits per heavy atom. The molecule has 0 radical (unpaired) electrons. The molecule has 0 atom stereocenters. The number of nitrogens with zero attached hydrogens (tertiary/aromatic N) is 1. The molecule has 0 spiro atoms. The molecule has 1 aliphatic rings. The van der Waals surface area contributed by atoms with Crippen molar-refractivity contribution in [3.63, 3.8) is 0 Å². The summed E-state index contributed by atoms with van der Waals surface area (Å²) in [6.45, 7) is 5.14. The Kier molecular flexibility index (Phi) is 4.74. The zero-order valence-corrected chi connectivity index (χ0v) is 14.5. The van der Waals surface area contributed by atoms with E-state index in [1.165, 1.54) is 0 Å². The van der Waals surface area contributed by atoms with Crippen molar-refractivity contribution in [2.24, 2.45) is 0 Å². The van der Waals surface area contributed by atoms with E-state index >= 15 is 0 Å². The second-order valence-electron chi connectivity index (χ2n) is 6.70. The largest absolute Gasteiger partial charge is 0.448 e. The van der Waals surface area contributed by atoms with Gasteiger partial charge in [0.05, 0.1) is 12.1 Å². The van der Waals surface area contributed by atoms with Gasteiger partial charge in [-0.05, 0) is 37.1 Å². The molecule has 0 saturated carbocycles. The zero-order valence-electron chi connectivity index (χ0n) is 14.5.